The highest BCUT2D eigenvalue weighted by molar-refractivity contribution is 4.25. The zero-order valence-electron chi connectivity index (χ0n) is 4.15. The lowest BCUT2D eigenvalue weighted by atomic mass is 10.7. The number of hydrogen-bond donors (Lipinski definition) is 0. The van der Waals surface area contributed by atoms with Crippen LogP contribution in [0.5, 0.6) is 0 Å². The van der Waals surface area contributed by atoms with Crippen molar-refractivity contribution < 1.29 is 0 Å². The SMILES string of the molecule is C.C.C.C.C.CCN(C)C. The topological polar surface area (TPSA) is 3.24 Å². The van der Waals surface area contributed by atoms with Crippen LogP contribution in [0.3, 0.4) is 0 Å². The number of rotatable bonds is 1. The molecule has 1 heteroatoms. The second-order valence-corrected chi connectivity index (χ2v) is 1.40. The average molecular weight is 153 g/mol. The van der Waals surface area contributed by atoms with Gasteiger partial charge in [-0.25, -0.2) is 0 Å². The quantitative estimate of drug-likeness (QED) is 0.554. The van der Waals surface area contributed by atoms with E-state index in [0.29, 0.717) is 0 Å². The molecule has 0 N–H and O–H groups in total. The summed E-state index contributed by atoms with van der Waals surface area (Å²) in [4.78, 5) is 2.12. The van der Waals surface area contributed by atoms with Gasteiger partial charge in [0, 0.05) is 0 Å². The van der Waals surface area contributed by atoms with E-state index in [2.05, 4.69) is 25.9 Å². The molecule has 0 atom stereocenters. The molecule has 0 spiro atoms. The molecule has 0 saturated heterocycles. The Kier molecular flexibility index (Phi) is 185. The highest BCUT2D eigenvalue weighted by Crippen LogP contribution is 1.63. The van der Waals surface area contributed by atoms with Crippen molar-refractivity contribution in [2.45, 2.75) is 44.1 Å². The molecular formula is C9H31N. The van der Waals surface area contributed by atoms with Gasteiger partial charge in [0.25, 0.3) is 0 Å². The highest BCUT2D eigenvalue weighted by atomic mass is 15.0. The first-order valence-corrected chi connectivity index (χ1v) is 1.92. The van der Waals surface area contributed by atoms with Crippen molar-refractivity contribution in [1.82, 2.24) is 4.90 Å². The van der Waals surface area contributed by atoms with Crippen LogP contribution in [0, 0.1) is 0 Å². The molecule has 0 aromatic heterocycles. The molecular weight excluding hydrogens is 122 g/mol. The van der Waals surface area contributed by atoms with Gasteiger partial charge in [-0.05, 0) is 20.6 Å². The summed E-state index contributed by atoms with van der Waals surface area (Å²) in [5.74, 6) is 0. The third kappa shape index (κ3) is 100. The van der Waals surface area contributed by atoms with E-state index in [-0.39, 0.29) is 37.1 Å². The van der Waals surface area contributed by atoms with Gasteiger partial charge in [0.15, 0.2) is 0 Å². The summed E-state index contributed by atoms with van der Waals surface area (Å²) in [5.41, 5.74) is 0. The van der Waals surface area contributed by atoms with Gasteiger partial charge in [-0.2, -0.15) is 0 Å². The molecule has 1 nitrogen and oxygen atoms in total. The highest BCUT2D eigenvalue weighted by Gasteiger charge is 1.72. The fourth-order valence-corrected chi connectivity index (χ4v) is 0. The Balaban J connectivity index is -0.00000000800. The van der Waals surface area contributed by atoms with E-state index < -0.39 is 0 Å². The van der Waals surface area contributed by atoms with Crippen molar-refractivity contribution in [3.8, 4) is 0 Å². The summed E-state index contributed by atoms with van der Waals surface area (Å²) in [6.07, 6.45) is 0. The number of nitrogens with zero attached hydrogens (tertiary/aromatic N) is 1. The molecule has 0 aromatic rings. The molecule has 0 saturated carbocycles. The van der Waals surface area contributed by atoms with Crippen LogP contribution in [-0.4, -0.2) is 25.5 Å². The van der Waals surface area contributed by atoms with Crippen molar-refractivity contribution in [3.63, 3.8) is 0 Å². The fourth-order valence-electron chi connectivity index (χ4n) is 0. The summed E-state index contributed by atoms with van der Waals surface area (Å²) in [6, 6.07) is 0. The molecule has 0 fully saturated rings. The lowest BCUT2D eigenvalue weighted by Gasteiger charge is -2.00. The van der Waals surface area contributed by atoms with Gasteiger partial charge < -0.3 is 4.90 Å². The first kappa shape index (κ1) is 51.0. The van der Waals surface area contributed by atoms with Crippen molar-refractivity contribution in [2.24, 2.45) is 0 Å². The summed E-state index contributed by atoms with van der Waals surface area (Å²) in [7, 11) is 4.11. The summed E-state index contributed by atoms with van der Waals surface area (Å²) in [6.45, 7) is 3.26. The van der Waals surface area contributed by atoms with Crippen LogP contribution >= 0.6 is 0 Å². The van der Waals surface area contributed by atoms with Crippen molar-refractivity contribution in [1.29, 1.82) is 0 Å². The maximum atomic E-state index is 2.12. The molecule has 0 aromatic carbocycles. The third-order valence-electron chi connectivity index (χ3n) is 0.632. The lowest BCUT2D eigenvalue weighted by Crippen LogP contribution is -2.08. The molecule has 0 radical (unpaired) electrons. The first-order valence-electron chi connectivity index (χ1n) is 1.92. The first-order chi connectivity index (χ1) is 2.27. The van der Waals surface area contributed by atoms with Gasteiger partial charge >= 0.3 is 0 Å². The van der Waals surface area contributed by atoms with E-state index in [1.807, 2.05) is 0 Å². The van der Waals surface area contributed by atoms with E-state index >= 15 is 0 Å². The molecule has 0 rings (SSSR count). The minimum absolute atomic E-state index is 0. The summed E-state index contributed by atoms with van der Waals surface area (Å²) >= 11 is 0. The van der Waals surface area contributed by atoms with Crippen molar-refractivity contribution >= 4 is 0 Å². The Morgan fingerprint density at radius 3 is 0.900 bits per heavy atom. The van der Waals surface area contributed by atoms with Crippen LogP contribution in [-0.2, 0) is 0 Å². The van der Waals surface area contributed by atoms with Crippen LogP contribution < -0.4 is 0 Å². The normalized spacial score (nSPS) is 4.80. The van der Waals surface area contributed by atoms with E-state index in [1.165, 1.54) is 0 Å². The zero-order chi connectivity index (χ0) is 4.28. The Labute approximate surface area is 70.4 Å². The second kappa shape index (κ2) is 36.2. The molecule has 72 valence electrons. The van der Waals surface area contributed by atoms with Gasteiger partial charge in [0.1, 0.15) is 0 Å². The number of hydrogen-bond acceptors (Lipinski definition) is 1. The van der Waals surface area contributed by atoms with Crippen molar-refractivity contribution in [3.05, 3.63) is 0 Å². The predicted octanol–water partition coefficient (Wildman–Crippen LogP) is 3.75. The largest absolute Gasteiger partial charge is 0.310 e. The molecule has 0 aliphatic heterocycles. The molecule has 0 bridgehead atoms. The summed E-state index contributed by atoms with van der Waals surface area (Å²) in [5, 5.41) is 0. The van der Waals surface area contributed by atoms with Gasteiger partial charge in [-0.1, -0.05) is 44.1 Å². The average Bonchev–Trinajstić information content (AvgIpc) is 1.38. The Hall–Kier alpha value is -0.0400. The Morgan fingerprint density at radius 2 is 0.900 bits per heavy atom. The predicted molar refractivity (Wildman–Crippen MR) is 57.9 cm³/mol. The van der Waals surface area contributed by atoms with Crippen LogP contribution in [0.1, 0.15) is 44.1 Å². The Morgan fingerprint density at radius 1 is 0.800 bits per heavy atom. The van der Waals surface area contributed by atoms with E-state index in [1.54, 1.807) is 0 Å². The maximum absolute atomic E-state index is 2.12. The van der Waals surface area contributed by atoms with E-state index in [9.17, 15) is 0 Å². The van der Waals surface area contributed by atoms with Gasteiger partial charge in [-0.3, -0.25) is 0 Å². The van der Waals surface area contributed by atoms with Crippen LogP contribution in [0.4, 0.5) is 0 Å². The van der Waals surface area contributed by atoms with Gasteiger partial charge in [-0.15, -0.1) is 0 Å². The van der Waals surface area contributed by atoms with Crippen LogP contribution in [0.2, 0.25) is 0 Å². The van der Waals surface area contributed by atoms with Crippen molar-refractivity contribution in [2.75, 3.05) is 20.6 Å². The molecule has 0 unspecified atom stereocenters. The minimum atomic E-state index is 0. The molecule has 0 aliphatic rings. The van der Waals surface area contributed by atoms with Crippen LogP contribution in [0.15, 0.2) is 0 Å². The van der Waals surface area contributed by atoms with E-state index in [0.717, 1.165) is 6.54 Å². The van der Waals surface area contributed by atoms with Gasteiger partial charge in [0.05, 0.1) is 0 Å². The van der Waals surface area contributed by atoms with Gasteiger partial charge in [0.2, 0.25) is 0 Å². The Bertz CT molecular complexity index is 18.7. The zero-order valence-corrected chi connectivity index (χ0v) is 4.15. The smallest absolute Gasteiger partial charge is 0.00533 e. The molecule has 10 heavy (non-hydrogen) atoms. The minimum Gasteiger partial charge on any atom is -0.310 e. The standard InChI is InChI=1S/C4H11N.5CH4/c1-4-5(2)3;;;;;/h4H2,1-3H3;5*1H4. The summed E-state index contributed by atoms with van der Waals surface area (Å²) < 4.78 is 0. The van der Waals surface area contributed by atoms with E-state index in [4.69, 9.17) is 0 Å². The monoisotopic (exact) mass is 153 g/mol. The molecule has 0 aliphatic carbocycles. The maximum Gasteiger partial charge on any atom is -0.00533 e. The molecule has 0 amide bonds. The van der Waals surface area contributed by atoms with Crippen LogP contribution in [0.25, 0.3) is 0 Å². The fraction of sp³-hybridized carbons (Fsp3) is 1.00. The second-order valence-electron chi connectivity index (χ2n) is 1.40. The molecule has 0 heterocycles. The third-order valence-corrected chi connectivity index (χ3v) is 0.632. The lowest BCUT2D eigenvalue weighted by molar-refractivity contribution is 0.434.